The van der Waals surface area contributed by atoms with Crippen LogP contribution in [0.4, 0.5) is 0 Å². The molecule has 0 aromatic heterocycles. The van der Waals surface area contributed by atoms with E-state index in [9.17, 15) is 37.8 Å². The maximum atomic E-state index is 12.1. The second kappa shape index (κ2) is 17.3. The zero-order valence-electron chi connectivity index (χ0n) is 21.4. The number of carboxylic acids is 3. The van der Waals surface area contributed by atoms with Crippen LogP contribution in [-0.4, -0.2) is 63.9 Å². The average molecular weight is 538 g/mol. The minimum Gasteiger partial charge on any atom is -0.480 e. The summed E-state index contributed by atoms with van der Waals surface area (Å²) in [5, 5.41) is 27.9. The molecule has 0 saturated carbocycles. The number of carbonyl (C=O) groups excluding carboxylic acids is 1. The Morgan fingerprint density at radius 1 is 0.778 bits per heavy atom. The van der Waals surface area contributed by atoms with Crippen LogP contribution in [0.15, 0.2) is 0 Å². The average Bonchev–Trinajstić information content (AvgIpc) is 2.78. The summed E-state index contributed by atoms with van der Waals surface area (Å²) >= 11 is 0. The largest absolute Gasteiger partial charge is 0.480 e. The van der Waals surface area contributed by atoms with Crippen molar-refractivity contribution in [3.8, 4) is 0 Å². The van der Waals surface area contributed by atoms with Crippen LogP contribution < -0.4 is 5.32 Å². The van der Waals surface area contributed by atoms with Crippen LogP contribution in [0.25, 0.3) is 0 Å². The van der Waals surface area contributed by atoms with Crippen LogP contribution in [0.1, 0.15) is 104 Å². The number of unbranched alkanes of at least 4 members (excludes halogenated alkanes) is 11. The molecule has 0 aliphatic rings. The van der Waals surface area contributed by atoms with Crippen molar-refractivity contribution in [2.75, 3.05) is 6.54 Å². The van der Waals surface area contributed by atoms with Crippen molar-refractivity contribution in [1.29, 1.82) is 0 Å². The van der Waals surface area contributed by atoms with E-state index in [1.165, 1.54) is 38.5 Å². The highest BCUT2D eigenvalue weighted by atomic mass is 32.2. The van der Waals surface area contributed by atoms with Crippen molar-refractivity contribution in [3.63, 3.8) is 0 Å². The number of carbonyl (C=O) groups is 4. The molecule has 0 aliphatic heterocycles. The third-order valence-corrected chi connectivity index (χ3v) is 7.75. The first-order valence-electron chi connectivity index (χ1n) is 12.7. The van der Waals surface area contributed by atoms with Gasteiger partial charge in [-0.15, -0.1) is 0 Å². The summed E-state index contributed by atoms with van der Waals surface area (Å²) in [7, 11) is -5.04. The van der Waals surface area contributed by atoms with Gasteiger partial charge in [-0.05, 0) is 13.3 Å². The molecule has 12 heteroatoms. The lowest BCUT2D eigenvalue weighted by Gasteiger charge is -2.30. The van der Waals surface area contributed by atoms with Gasteiger partial charge in [0.05, 0.1) is 6.42 Å². The first kappa shape index (κ1) is 33.8. The zero-order valence-corrected chi connectivity index (χ0v) is 22.2. The fourth-order valence-corrected chi connectivity index (χ4v) is 4.68. The van der Waals surface area contributed by atoms with E-state index in [1.54, 1.807) is 0 Å². The van der Waals surface area contributed by atoms with Crippen LogP contribution in [0, 0.1) is 11.3 Å². The van der Waals surface area contributed by atoms with E-state index < -0.39 is 63.5 Å². The number of amides is 1. The highest BCUT2D eigenvalue weighted by molar-refractivity contribution is 7.87. The second-order valence-electron chi connectivity index (χ2n) is 9.54. The highest BCUT2D eigenvalue weighted by Gasteiger charge is 2.48. The van der Waals surface area contributed by atoms with Crippen molar-refractivity contribution >= 4 is 33.9 Å². The van der Waals surface area contributed by atoms with Crippen LogP contribution in [-0.2, 0) is 29.3 Å². The van der Waals surface area contributed by atoms with Gasteiger partial charge in [-0.1, -0.05) is 84.0 Å². The van der Waals surface area contributed by atoms with Crippen molar-refractivity contribution in [2.45, 2.75) is 109 Å². The van der Waals surface area contributed by atoms with Gasteiger partial charge in [0.1, 0.15) is 0 Å². The minimum atomic E-state index is -5.04. The molecule has 1 amide bonds. The SMILES string of the molecule is CCCCCCCCCCCCCCC(CNC(=O)CC(C(=O)O)S(=O)(=O)O)C(C)(C(=O)O)C(=O)O. The van der Waals surface area contributed by atoms with Gasteiger partial charge in [-0.2, -0.15) is 8.42 Å². The fraction of sp³-hybridized carbons (Fsp3) is 0.833. The van der Waals surface area contributed by atoms with Crippen LogP contribution in [0.5, 0.6) is 0 Å². The lowest BCUT2D eigenvalue weighted by atomic mass is 9.74. The van der Waals surface area contributed by atoms with Crippen LogP contribution in [0.2, 0.25) is 0 Å². The summed E-state index contributed by atoms with van der Waals surface area (Å²) in [6.45, 7) is 2.84. The van der Waals surface area contributed by atoms with Gasteiger partial charge >= 0.3 is 17.9 Å². The normalized spacial score (nSPS) is 13.6. The first-order valence-corrected chi connectivity index (χ1v) is 14.2. The lowest BCUT2D eigenvalue weighted by molar-refractivity contribution is -0.168. The Bertz CT molecular complexity index is 798. The molecule has 0 spiro atoms. The monoisotopic (exact) mass is 537 g/mol. The predicted octanol–water partition coefficient (Wildman–Crippen LogP) is 3.72. The quantitative estimate of drug-likeness (QED) is 0.0771. The Kier molecular flexibility index (Phi) is 16.2. The fourth-order valence-electron chi connectivity index (χ4n) is 4.06. The minimum absolute atomic E-state index is 0.188. The molecule has 0 aromatic carbocycles. The van der Waals surface area contributed by atoms with Crippen molar-refractivity contribution < 1.29 is 47.5 Å². The van der Waals surface area contributed by atoms with E-state index in [-0.39, 0.29) is 6.42 Å². The number of rotatable bonds is 22. The van der Waals surface area contributed by atoms with Gasteiger partial charge in [-0.25, -0.2) is 0 Å². The van der Waals surface area contributed by atoms with Crippen molar-refractivity contribution in [1.82, 2.24) is 5.32 Å². The molecule has 0 fully saturated rings. The molecular formula is C24H43NO10S. The molecule has 0 rings (SSSR count). The molecule has 2 unspecified atom stereocenters. The number of hydrogen-bond acceptors (Lipinski definition) is 6. The molecule has 2 atom stereocenters. The Morgan fingerprint density at radius 3 is 1.56 bits per heavy atom. The Morgan fingerprint density at radius 2 is 1.19 bits per heavy atom. The van der Waals surface area contributed by atoms with Gasteiger partial charge in [0.25, 0.3) is 10.1 Å². The number of aliphatic carboxylic acids is 3. The highest BCUT2D eigenvalue weighted by Crippen LogP contribution is 2.32. The molecule has 36 heavy (non-hydrogen) atoms. The summed E-state index contributed by atoms with van der Waals surface area (Å²) in [5.41, 5.74) is -2.21. The molecule has 0 bridgehead atoms. The molecule has 0 radical (unpaired) electrons. The molecule has 5 N–H and O–H groups in total. The van der Waals surface area contributed by atoms with E-state index in [1.807, 2.05) is 0 Å². The van der Waals surface area contributed by atoms with Gasteiger partial charge in [0.15, 0.2) is 10.7 Å². The molecule has 0 aromatic rings. The molecule has 0 saturated heterocycles. The molecular weight excluding hydrogens is 494 g/mol. The van der Waals surface area contributed by atoms with E-state index in [4.69, 9.17) is 9.66 Å². The number of hydrogen-bond donors (Lipinski definition) is 5. The summed E-state index contributed by atoms with van der Waals surface area (Å²) in [5.74, 6) is -7.14. The molecule has 0 heterocycles. The van der Waals surface area contributed by atoms with E-state index in [0.29, 0.717) is 6.42 Å². The smallest absolute Gasteiger partial charge is 0.324 e. The molecule has 0 aliphatic carbocycles. The summed E-state index contributed by atoms with van der Waals surface area (Å²) in [4.78, 5) is 46.7. The maximum absolute atomic E-state index is 12.1. The molecule has 11 nitrogen and oxygen atoms in total. The maximum Gasteiger partial charge on any atom is 0.324 e. The zero-order chi connectivity index (χ0) is 27.8. The Balaban J connectivity index is 4.77. The molecule has 210 valence electrons. The van der Waals surface area contributed by atoms with Crippen LogP contribution in [0.3, 0.4) is 0 Å². The third kappa shape index (κ3) is 12.7. The predicted molar refractivity (Wildman–Crippen MR) is 133 cm³/mol. The lowest BCUT2D eigenvalue weighted by Crippen LogP contribution is -2.48. The van der Waals surface area contributed by atoms with E-state index in [2.05, 4.69) is 12.2 Å². The standard InChI is InChI=1S/C24H43NO10S/c1-3-4-5-6-7-8-9-10-11-12-13-14-15-18(24(2,22(29)30)23(31)32)17-25-20(26)16-19(21(27)28)36(33,34)35/h18-19H,3-17H2,1-2H3,(H,25,26)(H,27,28)(H,29,30)(H,31,32)(H,33,34,35). The van der Waals surface area contributed by atoms with Gasteiger partial charge in [-0.3, -0.25) is 23.7 Å². The van der Waals surface area contributed by atoms with Crippen molar-refractivity contribution in [2.24, 2.45) is 11.3 Å². The third-order valence-electron chi connectivity index (χ3n) is 6.66. The number of nitrogens with one attached hydrogen (secondary N) is 1. The Labute approximate surface area is 213 Å². The van der Waals surface area contributed by atoms with E-state index in [0.717, 1.165) is 39.0 Å². The summed E-state index contributed by atoms with van der Waals surface area (Å²) in [6, 6.07) is 0. The topological polar surface area (TPSA) is 195 Å². The second-order valence-corrected chi connectivity index (χ2v) is 11.1. The summed E-state index contributed by atoms with van der Waals surface area (Å²) in [6.07, 6.45) is 12.1. The van der Waals surface area contributed by atoms with Crippen LogP contribution >= 0.6 is 0 Å². The Hall–Kier alpha value is -2.21. The van der Waals surface area contributed by atoms with Crippen molar-refractivity contribution in [3.05, 3.63) is 0 Å². The van der Waals surface area contributed by atoms with Gasteiger partial charge < -0.3 is 20.6 Å². The van der Waals surface area contributed by atoms with E-state index >= 15 is 0 Å². The van der Waals surface area contributed by atoms with Gasteiger partial charge in [0, 0.05) is 12.5 Å². The number of carboxylic acid groups (broad SMARTS) is 3. The summed E-state index contributed by atoms with van der Waals surface area (Å²) < 4.78 is 31.3. The first-order chi connectivity index (χ1) is 16.8. The van der Waals surface area contributed by atoms with Gasteiger partial charge in [0.2, 0.25) is 5.91 Å².